The van der Waals surface area contributed by atoms with Gasteiger partial charge in [-0.15, -0.1) is 0 Å². The minimum absolute atomic E-state index is 0.0429. The lowest BCUT2D eigenvalue weighted by molar-refractivity contribution is -0.120. The van der Waals surface area contributed by atoms with E-state index in [-0.39, 0.29) is 29.1 Å². The topological polar surface area (TPSA) is 80.7 Å². The molecule has 150 valence electrons. The van der Waals surface area contributed by atoms with Crippen LogP contribution in [0.1, 0.15) is 50.1 Å². The second kappa shape index (κ2) is 8.33. The largest absolute Gasteiger partial charge is 0.478 e. The van der Waals surface area contributed by atoms with Crippen molar-refractivity contribution in [2.75, 3.05) is 0 Å². The fraction of sp³-hybridized carbons (Fsp3) is 0.160. The van der Waals surface area contributed by atoms with E-state index < -0.39 is 5.97 Å². The highest BCUT2D eigenvalue weighted by molar-refractivity contribution is 5.99. The molecule has 3 aromatic carbocycles. The van der Waals surface area contributed by atoms with E-state index in [2.05, 4.69) is 0 Å². The van der Waals surface area contributed by atoms with Gasteiger partial charge in [0.25, 0.3) is 6.47 Å². The van der Waals surface area contributed by atoms with Crippen LogP contribution in [-0.4, -0.2) is 23.3 Å². The third-order valence-electron chi connectivity index (χ3n) is 5.80. The second-order valence-electron chi connectivity index (χ2n) is 7.42. The Balaban J connectivity index is 1.65. The number of carboxylic acids is 1. The standard InChI is InChI=1S/C25H20O5/c26-15-30-20-12-10-17(11-13-20)23-21(16-6-8-19(9-7-16)25(28)29)14-22(23)24(27)18-4-2-1-3-5-18/h1-13,15,21-23H,14H2,(H,28,29)/t21-,22?,23+/m1/s1. The highest BCUT2D eigenvalue weighted by Crippen LogP contribution is 2.54. The Morgan fingerprint density at radius 1 is 0.833 bits per heavy atom. The molecular weight excluding hydrogens is 380 g/mol. The number of Topliss-reactive ketones (excluding diaryl/α,β-unsaturated/α-hetero) is 1. The highest BCUT2D eigenvalue weighted by Gasteiger charge is 2.46. The van der Waals surface area contributed by atoms with Crippen LogP contribution in [0, 0.1) is 5.92 Å². The summed E-state index contributed by atoms with van der Waals surface area (Å²) in [7, 11) is 0. The molecule has 5 nitrogen and oxygen atoms in total. The maximum absolute atomic E-state index is 13.2. The molecule has 0 aliphatic heterocycles. The van der Waals surface area contributed by atoms with Gasteiger partial charge in [0.2, 0.25) is 0 Å². The lowest BCUT2D eigenvalue weighted by Crippen LogP contribution is -2.38. The summed E-state index contributed by atoms with van der Waals surface area (Å²) in [5.74, 6) is -0.528. The summed E-state index contributed by atoms with van der Waals surface area (Å²) in [4.78, 5) is 34.9. The maximum atomic E-state index is 13.2. The molecule has 0 spiro atoms. The Hall–Kier alpha value is -3.73. The van der Waals surface area contributed by atoms with Crippen molar-refractivity contribution < 1.29 is 24.2 Å². The Morgan fingerprint density at radius 2 is 1.47 bits per heavy atom. The van der Waals surface area contributed by atoms with Gasteiger partial charge < -0.3 is 9.84 Å². The van der Waals surface area contributed by atoms with Gasteiger partial charge >= 0.3 is 5.97 Å². The van der Waals surface area contributed by atoms with Gasteiger partial charge in [0, 0.05) is 17.4 Å². The smallest absolute Gasteiger partial charge is 0.335 e. The fourth-order valence-electron chi connectivity index (χ4n) is 4.24. The van der Waals surface area contributed by atoms with Gasteiger partial charge in [-0.05, 0) is 47.7 Å². The Morgan fingerprint density at radius 3 is 2.07 bits per heavy atom. The van der Waals surface area contributed by atoms with Crippen molar-refractivity contribution in [1.29, 1.82) is 0 Å². The number of hydrogen-bond acceptors (Lipinski definition) is 4. The molecule has 3 atom stereocenters. The van der Waals surface area contributed by atoms with E-state index in [0.29, 0.717) is 24.2 Å². The van der Waals surface area contributed by atoms with Gasteiger partial charge in [-0.3, -0.25) is 9.59 Å². The van der Waals surface area contributed by atoms with E-state index in [9.17, 15) is 14.4 Å². The molecule has 1 N–H and O–H groups in total. The molecule has 0 radical (unpaired) electrons. The summed E-state index contributed by atoms with van der Waals surface area (Å²) in [5.41, 5.74) is 2.92. The number of benzene rings is 3. The molecule has 0 amide bonds. The Kier molecular flexibility index (Phi) is 5.44. The molecule has 5 heteroatoms. The molecule has 1 fully saturated rings. The zero-order valence-corrected chi connectivity index (χ0v) is 16.1. The van der Waals surface area contributed by atoms with Crippen molar-refractivity contribution in [1.82, 2.24) is 0 Å². The highest BCUT2D eigenvalue weighted by atomic mass is 16.5. The number of aromatic carboxylic acids is 1. The van der Waals surface area contributed by atoms with Crippen LogP contribution < -0.4 is 4.74 Å². The van der Waals surface area contributed by atoms with E-state index >= 15 is 0 Å². The minimum Gasteiger partial charge on any atom is -0.478 e. The molecule has 1 aliphatic rings. The summed E-state index contributed by atoms with van der Waals surface area (Å²) in [6, 6.07) is 23.3. The van der Waals surface area contributed by atoms with Crippen LogP contribution in [-0.2, 0) is 4.79 Å². The van der Waals surface area contributed by atoms with Crippen LogP contribution >= 0.6 is 0 Å². The van der Waals surface area contributed by atoms with Crippen molar-refractivity contribution in [3.63, 3.8) is 0 Å². The van der Waals surface area contributed by atoms with Gasteiger partial charge in [-0.1, -0.05) is 54.6 Å². The number of carbonyl (C=O) groups is 3. The predicted octanol–water partition coefficient (Wildman–Crippen LogP) is 4.69. The van der Waals surface area contributed by atoms with Crippen LogP contribution in [0.5, 0.6) is 5.75 Å². The second-order valence-corrected chi connectivity index (χ2v) is 7.42. The average molecular weight is 400 g/mol. The van der Waals surface area contributed by atoms with E-state index in [1.54, 1.807) is 24.3 Å². The van der Waals surface area contributed by atoms with E-state index in [0.717, 1.165) is 11.1 Å². The molecule has 3 aromatic rings. The SMILES string of the molecule is O=COc1ccc([C@@H]2C(C(=O)c3ccccc3)C[C@@H]2c2ccc(C(=O)O)cc2)cc1. The molecule has 0 bridgehead atoms. The Bertz CT molecular complexity index is 1050. The number of carbonyl (C=O) groups excluding carboxylic acids is 2. The summed E-state index contributed by atoms with van der Waals surface area (Å²) in [6.07, 6.45) is 0.692. The maximum Gasteiger partial charge on any atom is 0.335 e. The lowest BCUT2D eigenvalue weighted by atomic mass is 9.57. The third kappa shape index (κ3) is 3.74. The first kappa shape index (κ1) is 19.6. The van der Waals surface area contributed by atoms with E-state index in [1.807, 2.05) is 54.6 Å². The molecule has 0 heterocycles. The van der Waals surface area contributed by atoms with Crippen molar-refractivity contribution in [3.05, 3.63) is 101 Å². The first-order valence-electron chi connectivity index (χ1n) is 9.71. The molecule has 1 saturated carbocycles. The number of hydrogen-bond donors (Lipinski definition) is 1. The quantitative estimate of drug-likeness (QED) is 0.460. The van der Waals surface area contributed by atoms with Gasteiger partial charge in [-0.2, -0.15) is 0 Å². The molecule has 1 aliphatic carbocycles. The first-order chi connectivity index (χ1) is 14.6. The number of ketones is 1. The van der Waals surface area contributed by atoms with Gasteiger partial charge in [0.05, 0.1) is 5.56 Å². The zero-order chi connectivity index (χ0) is 21.1. The van der Waals surface area contributed by atoms with Crippen molar-refractivity contribution in [2.45, 2.75) is 18.3 Å². The van der Waals surface area contributed by atoms with Crippen LogP contribution in [0.25, 0.3) is 0 Å². The zero-order valence-electron chi connectivity index (χ0n) is 16.1. The molecular formula is C25H20O5. The number of rotatable bonds is 7. The normalized spacial score (nSPS) is 20.1. The van der Waals surface area contributed by atoms with Crippen molar-refractivity contribution >= 4 is 18.2 Å². The van der Waals surface area contributed by atoms with E-state index in [1.165, 1.54) is 0 Å². The molecule has 1 unspecified atom stereocenters. The summed E-state index contributed by atoms with van der Waals surface area (Å²) >= 11 is 0. The van der Waals surface area contributed by atoms with Gasteiger partial charge in [0.1, 0.15) is 5.75 Å². The summed E-state index contributed by atoms with van der Waals surface area (Å²) < 4.78 is 4.88. The van der Waals surface area contributed by atoms with Crippen LogP contribution in [0.15, 0.2) is 78.9 Å². The van der Waals surface area contributed by atoms with Crippen LogP contribution in [0.4, 0.5) is 0 Å². The summed E-state index contributed by atoms with van der Waals surface area (Å²) in [5, 5.41) is 9.14. The summed E-state index contributed by atoms with van der Waals surface area (Å²) in [6.45, 7) is 0.382. The third-order valence-corrected chi connectivity index (χ3v) is 5.80. The van der Waals surface area contributed by atoms with Crippen LogP contribution in [0.2, 0.25) is 0 Å². The van der Waals surface area contributed by atoms with E-state index in [4.69, 9.17) is 9.84 Å². The lowest BCUT2D eigenvalue weighted by Gasteiger charge is -2.45. The molecule has 0 saturated heterocycles. The average Bonchev–Trinajstić information content (AvgIpc) is 2.75. The van der Waals surface area contributed by atoms with Crippen molar-refractivity contribution in [2.24, 2.45) is 5.92 Å². The van der Waals surface area contributed by atoms with Gasteiger partial charge in [0.15, 0.2) is 5.78 Å². The molecule has 4 rings (SSSR count). The number of carboxylic acid groups (broad SMARTS) is 1. The molecule has 30 heavy (non-hydrogen) atoms. The first-order valence-corrected chi connectivity index (χ1v) is 9.71. The van der Waals surface area contributed by atoms with Crippen molar-refractivity contribution in [3.8, 4) is 5.75 Å². The number of ether oxygens (including phenoxy) is 1. The predicted molar refractivity (Wildman–Crippen MR) is 111 cm³/mol. The van der Waals surface area contributed by atoms with Crippen LogP contribution in [0.3, 0.4) is 0 Å². The Labute approximate surface area is 173 Å². The minimum atomic E-state index is -0.963. The van der Waals surface area contributed by atoms with Gasteiger partial charge in [-0.25, -0.2) is 4.79 Å². The molecule has 0 aromatic heterocycles. The monoisotopic (exact) mass is 400 g/mol. The fourth-order valence-corrected chi connectivity index (χ4v) is 4.24.